The number of hydrogen-bond donors (Lipinski definition) is 3. The summed E-state index contributed by atoms with van der Waals surface area (Å²) < 4.78 is 1.97. The van der Waals surface area contributed by atoms with E-state index in [0.29, 0.717) is 23.4 Å². The van der Waals surface area contributed by atoms with Gasteiger partial charge in [-0.05, 0) is 6.92 Å². The Bertz CT molecular complexity index is 526. The SMILES string of the molecule is Cc1ncc(CO)c(CNCCn2ccnc2)c1O. The summed E-state index contributed by atoms with van der Waals surface area (Å²) in [7, 11) is 0. The van der Waals surface area contributed by atoms with Crippen molar-refractivity contribution in [2.24, 2.45) is 0 Å². The molecule has 0 bridgehead atoms. The first-order valence-corrected chi connectivity index (χ1v) is 6.16. The predicted molar refractivity (Wildman–Crippen MR) is 70.5 cm³/mol. The van der Waals surface area contributed by atoms with Crippen LogP contribution in [-0.2, 0) is 19.7 Å². The number of pyridine rings is 1. The first-order chi connectivity index (χ1) is 9.22. The Morgan fingerprint density at radius 1 is 1.42 bits per heavy atom. The second-order valence-electron chi connectivity index (χ2n) is 4.33. The van der Waals surface area contributed by atoms with Crippen LogP contribution in [0.5, 0.6) is 5.75 Å². The first-order valence-electron chi connectivity index (χ1n) is 6.16. The Morgan fingerprint density at radius 3 is 2.95 bits per heavy atom. The van der Waals surface area contributed by atoms with Crippen molar-refractivity contribution in [3.63, 3.8) is 0 Å². The molecule has 3 N–H and O–H groups in total. The summed E-state index contributed by atoms with van der Waals surface area (Å²) in [5, 5.41) is 22.4. The maximum atomic E-state index is 9.96. The van der Waals surface area contributed by atoms with Crippen LogP contribution >= 0.6 is 0 Å². The normalized spacial score (nSPS) is 10.8. The second kappa shape index (κ2) is 6.31. The van der Waals surface area contributed by atoms with Gasteiger partial charge in [0.25, 0.3) is 0 Å². The van der Waals surface area contributed by atoms with Gasteiger partial charge in [-0.25, -0.2) is 4.98 Å². The molecule has 0 saturated carbocycles. The summed E-state index contributed by atoms with van der Waals surface area (Å²) in [6.07, 6.45) is 6.99. The van der Waals surface area contributed by atoms with Crippen molar-refractivity contribution in [2.45, 2.75) is 26.6 Å². The molecule has 0 aliphatic rings. The van der Waals surface area contributed by atoms with E-state index in [-0.39, 0.29) is 12.4 Å². The molecule has 0 atom stereocenters. The summed E-state index contributed by atoms with van der Waals surface area (Å²) in [5.74, 6) is 0.154. The number of aliphatic hydroxyl groups is 1. The average Bonchev–Trinajstić information content (AvgIpc) is 2.92. The van der Waals surface area contributed by atoms with Crippen molar-refractivity contribution in [2.75, 3.05) is 6.54 Å². The minimum absolute atomic E-state index is 0.126. The van der Waals surface area contributed by atoms with Gasteiger partial charge in [0, 0.05) is 49.4 Å². The smallest absolute Gasteiger partial charge is 0.141 e. The third-order valence-corrected chi connectivity index (χ3v) is 3.01. The second-order valence-corrected chi connectivity index (χ2v) is 4.33. The number of aromatic hydroxyl groups is 1. The number of nitrogens with zero attached hydrogens (tertiary/aromatic N) is 3. The lowest BCUT2D eigenvalue weighted by molar-refractivity contribution is 0.278. The van der Waals surface area contributed by atoms with Gasteiger partial charge in [-0.15, -0.1) is 0 Å². The number of rotatable bonds is 6. The van der Waals surface area contributed by atoms with Crippen molar-refractivity contribution in [3.05, 3.63) is 41.7 Å². The lowest BCUT2D eigenvalue weighted by Crippen LogP contribution is -2.20. The molecule has 6 nitrogen and oxygen atoms in total. The lowest BCUT2D eigenvalue weighted by atomic mass is 10.1. The van der Waals surface area contributed by atoms with E-state index in [1.165, 1.54) is 0 Å². The molecule has 102 valence electrons. The molecule has 6 heteroatoms. The van der Waals surface area contributed by atoms with Crippen LogP contribution in [-0.4, -0.2) is 31.3 Å². The highest BCUT2D eigenvalue weighted by Gasteiger charge is 2.10. The van der Waals surface area contributed by atoms with Gasteiger partial charge in [0.05, 0.1) is 18.6 Å². The number of imidazole rings is 1. The fourth-order valence-electron chi connectivity index (χ4n) is 1.86. The van der Waals surface area contributed by atoms with Crippen molar-refractivity contribution >= 4 is 0 Å². The molecule has 0 fully saturated rings. The van der Waals surface area contributed by atoms with Crippen molar-refractivity contribution in [3.8, 4) is 5.75 Å². The van der Waals surface area contributed by atoms with E-state index in [2.05, 4.69) is 15.3 Å². The highest BCUT2D eigenvalue weighted by atomic mass is 16.3. The van der Waals surface area contributed by atoms with Gasteiger partial charge in [-0.2, -0.15) is 0 Å². The Labute approximate surface area is 111 Å². The summed E-state index contributed by atoms with van der Waals surface area (Å²) in [5.41, 5.74) is 1.93. The fourth-order valence-corrected chi connectivity index (χ4v) is 1.86. The maximum Gasteiger partial charge on any atom is 0.141 e. The number of aromatic nitrogens is 3. The van der Waals surface area contributed by atoms with Gasteiger partial charge in [0.2, 0.25) is 0 Å². The van der Waals surface area contributed by atoms with E-state index < -0.39 is 0 Å². The molecule has 0 saturated heterocycles. The summed E-state index contributed by atoms with van der Waals surface area (Å²) >= 11 is 0. The molecule has 0 aliphatic carbocycles. The Kier molecular flexibility index (Phi) is 4.48. The van der Waals surface area contributed by atoms with E-state index in [4.69, 9.17) is 0 Å². The van der Waals surface area contributed by atoms with E-state index in [1.807, 2.05) is 10.8 Å². The molecule has 0 aliphatic heterocycles. The van der Waals surface area contributed by atoms with Crippen LogP contribution in [0.15, 0.2) is 24.9 Å². The van der Waals surface area contributed by atoms with Gasteiger partial charge in [0.1, 0.15) is 5.75 Å². The van der Waals surface area contributed by atoms with Crippen molar-refractivity contribution in [1.82, 2.24) is 19.9 Å². The van der Waals surface area contributed by atoms with Crippen LogP contribution in [0, 0.1) is 6.92 Å². The van der Waals surface area contributed by atoms with Crippen LogP contribution in [0.4, 0.5) is 0 Å². The Morgan fingerprint density at radius 2 is 2.26 bits per heavy atom. The van der Waals surface area contributed by atoms with Crippen molar-refractivity contribution < 1.29 is 10.2 Å². The van der Waals surface area contributed by atoms with Crippen LogP contribution in [0.25, 0.3) is 0 Å². The molecule has 0 radical (unpaired) electrons. The zero-order valence-electron chi connectivity index (χ0n) is 10.9. The van der Waals surface area contributed by atoms with Crippen LogP contribution < -0.4 is 5.32 Å². The Balaban J connectivity index is 1.93. The van der Waals surface area contributed by atoms with Crippen molar-refractivity contribution in [1.29, 1.82) is 0 Å². The van der Waals surface area contributed by atoms with E-state index in [9.17, 15) is 10.2 Å². The molecule has 2 aromatic heterocycles. The third-order valence-electron chi connectivity index (χ3n) is 3.01. The summed E-state index contributed by atoms with van der Waals surface area (Å²) in [6.45, 7) is 3.67. The summed E-state index contributed by atoms with van der Waals surface area (Å²) in [4.78, 5) is 7.99. The molecule has 0 amide bonds. The predicted octanol–water partition coefficient (Wildman–Crippen LogP) is 0.574. The Hall–Kier alpha value is -1.92. The van der Waals surface area contributed by atoms with E-state index in [1.54, 1.807) is 25.6 Å². The zero-order valence-corrected chi connectivity index (χ0v) is 10.9. The molecule has 2 aromatic rings. The quantitative estimate of drug-likeness (QED) is 0.663. The van der Waals surface area contributed by atoms with Gasteiger partial charge in [0.15, 0.2) is 0 Å². The molecular formula is C13H18N4O2. The molecule has 2 rings (SSSR count). The summed E-state index contributed by atoms with van der Waals surface area (Å²) in [6, 6.07) is 0. The van der Waals surface area contributed by atoms with Gasteiger partial charge in [-0.1, -0.05) is 0 Å². The first kappa shape index (κ1) is 13.5. The van der Waals surface area contributed by atoms with Crippen LogP contribution in [0.2, 0.25) is 0 Å². The number of aryl methyl sites for hydroxylation is 1. The molecule has 0 spiro atoms. The maximum absolute atomic E-state index is 9.96. The van der Waals surface area contributed by atoms with E-state index >= 15 is 0 Å². The largest absolute Gasteiger partial charge is 0.506 e. The van der Waals surface area contributed by atoms with Gasteiger partial charge < -0.3 is 20.1 Å². The monoisotopic (exact) mass is 262 g/mol. The molecule has 2 heterocycles. The minimum Gasteiger partial charge on any atom is -0.506 e. The van der Waals surface area contributed by atoms with Gasteiger partial charge >= 0.3 is 0 Å². The molecule has 0 aromatic carbocycles. The molecule has 0 unspecified atom stereocenters. The lowest BCUT2D eigenvalue weighted by Gasteiger charge is -2.12. The highest BCUT2D eigenvalue weighted by molar-refractivity contribution is 5.40. The number of hydrogen-bond acceptors (Lipinski definition) is 5. The number of nitrogens with one attached hydrogen (secondary N) is 1. The van der Waals surface area contributed by atoms with Gasteiger partial charge in [-0.3, -0.25) is 4.98 Å². The fraction of sp³-hybridized carbons (Fsp3) is 0.385. The minimum atomic E-state index is -0.126. The zero-order chi connectivity index (χ0) is 13.7. The molecular weight excluding hydrogens is 244 g/mol. The topological polar surface area (TPSA) is 83.2 Å². The average molecular weight is 262 g/mol. The number of aliphatic hydroxyl groups excluding tert-OH is 1. The standard InChI is InChI=1S/C13H18N4O2/c1-10-13(19)12(11(8-18)6-16-10)7-14-2-4-17-5-3-15-9-17/h3,5-6,9,14,18-19H,2,4,7-8H2,1H3. The molecule has 19 heavy (non-hydrogen) atoms. The van der Waals surface area contributed by atoms with Crippen LogP contribution in [0.3, 0.4) is 0 Å². The third kappa shape index (κ3) is 3.30. The van der Waals surface area contributed by atoms with E-state index in [0.717, 1.165) is 13.1 Å². The highest BCUT2D eigenvalue weighted by Crippen LogP contribution is 2.23. The van der Waals surface area contributed by atoms with Crippen LogP contribution in [0.1, 0.15) is 16.8 Å².